The first-order chi connectivity index (χ1) is 14.1. The first-order valence-corrected chi connectivity index (χ1v) is 11.3. The fourth-order valence-corrected chi connectivity index (χ4v) is 6.04. The van der Waals surface area contributed by atoms with Crippen LogP contribution in [0.4, 0.5) is 0 Å². The van der Waals surface area contributed by atoms with E-state index < -0.39 is 10.0 Å². The number of rotatable bonds is 3. The van der Waals surface area contributed by atoms with E-state index in [4.69, 9.17) is 4.99 Å². The summed E-state index contributed by atoms with van der Waals surface area (Å²) in [5.41, 5.74) is 4.26. The standard InChI is InChI=1S/C24H22N2O2S/c1-17-11-14-20(15-12-17)29(27,28)26-22-16-13-18-7-5-6-10-21(18)23(22)25-24(26)19-8-3-2-4-9-19/h2-12,14-15,22-23H,13,16H2,1H3/t22-,23+/m0/s1. The van der Waals surface area contributed by atoms with Crippen LogP contribution < -0.4 is 0 Å². The van der Waals surface area contributed by atoms with E-state index in [0.717, 1.165) is 29.5 Å². The average molecular weight is 403 g/mol. The molecule has 2 aliphatic rings. The minimum absolute atomic E-state index is 0.171. The van der Waals surface area contributed by atoms with Crippen LogP contribution in [0.1, 0.15) is 34.7 Å². The highest BCUT2D eigenvalue weighted by Gasteiger charge is 2.46. The highest BCUT2D eigenvalue weighted by molar-refractivity contribution is 7.89. The summed E-state index contributed by atoms with van der Waals surface area (Å²) in [7, 11) is -3.72. The number of amidine groups is 1. The van der Waals surface area contributed by atoms with Crippen molar-refractivity contribution in [2.75, 3.05) is 0 Å². The molecule has 1 aliphatic carbocycles. The number of fused-ring (bicyclic) bond motifs is 3. The van der Waals surface area contributed by atoms with Crippen molar-refractivity contribution in [3.8, 4) is 0 Å². The van der Waals surface area contributed by atoms with E-state index in [2.05, 4.69) is 12.1 Å². The third kappa shape index (κ3) is 2.97. The normalized spacial score (nSPS) is 20.7. The van der Waals surface area contributed by atoms with Crippen molar-refractivity contribution in [2.24, 2.45) is 4.99 Å². The van der Waals surface area contributed by atoms with Crippen LogP contribution in [0.15, 0.2) is 88.8 Å². The topological polar surface area (TPSA) is 49.7 Å². The predicted octanol–water partition coefficient (Wildman–Crippen LogP) is 4.50. The molecule has 3 aromatic carbocycles. The van der Waals surface area contributed by atoms with Crippen molar-refractivity contribution in [2.45, 2.75) is 36.7 Å². The number of hydrogen-bond donors (Lipinski definition) is 0. The van der Waals surface area contributed by atoms with E-state index >= 15 is 0 Å². The summed E-state index contributed by atoms with van der Waals surface area (Å²) in [6, 6.07) is 24.6. The summed E-state index contributed by atoms with van der Waals surface area (Å²) < 4.78 is 29.1. The molecule has 146 valence electrons. The molecule has 5 rings (SSSR count). The Bertz CT molecular complexity index is 1190. The van der Waals surface area contributed by atoms with Crippen LogP contribution in [-0.2, 0) is 16.4 Å². The van der Waals surface area contributed by atoms with Gasteiger partial charge >= 0.3 is 0 Å². The molecule has 2 atom stereocenters. The lowest BCUT2D eigenvalue weighted by Gasteiger charge is -2.33. The van der Waals surface area contributed by atoms with Gasteiger partial charge in [-0.05, 0) is 43.0 Å². The van der Waals surface area contributed by atoms with Gasteiger partial charge in [0.05, 0.1) is 17.0 Å². The van der Waals surface area contributed by atoms with Gasteiger partial charge in [0, 0.05) is 5.56 Å². The lowest BCUT2D eigenvalue weighted by Crippen LogP contribution is -2.43. The summed E-state index contributed by atoms with van der Waals surface area (Å²) >= 11 is 0. The van der Waals surface area contributed by atoms with E-state index in [1.54, 1.807) is 16.4 Å². The van der Waals surface area contributed by atoms with Gasteiger partial charge in [0.2, 0.25) is 0 Å². The van der Waals surface area contributed by atoms with E-state index in [0.29, 0.717) is 10.7 Å². The Morgan fingerprint density at radius 1 is 0.897 bits per heavy atom. The van der Waals surface area contributed by atoms with Crippen LogP contribution in [0, 0.1) is 6.92 Å². The lowest BCUT2D eigenvalue weighted by molar-refractivity contribution is 0.370. The van der Waals surface area contributed by atoms with Crippen molar-refractivity contribution in [1.82, 2.24) is 4.31 Å². The fraction of sp³-hybridized carbons (Fsp3) is 0.208. The Morgan fingerprint density at radius 3 is 2.34 bits per heavy atom. The van der Waals surface area contributed by atoms with E-state index in [1.807, 2.05) is 61.5 Å². The highest BCUT2D eigenvalue weighted by Crippen LogP contribution is 2.43. The molecule has 0 amide bonds. The molecule has 0 fully saturated rings. The van der Waals surface area contributed by atoms with E-state index in [-0.39, 0.29) is 12.1 Å². The Morgan fingerprint density at radius 2 is 1.59 bits per heavy atom. The summed E-state index contributed by atoms with van der Waals surface area (Å²) in [6.07, 6.45) is 1.61. The molecule has 0 saturated carbocycles. The third-order valence-corrected chi connectivity index (χ3v) is 7.66. The van der Waals surface area contributed by atoms with Crippen LogP contribution in [0.2, 0.25) is 0 Å². The van der Waals surface area contributed by atoms with Gasteiger partial charge in [-0.25, -0.2) is 12.7 Å². The van der Waals surface area contributed by atoms with Gasteiger partial charge in [0.1, 0.15) is 5.84 Å². The zero-order chi connectivity index (χ0) is 20.0. The molecule has 0 N–H and O–H groups in total. The monoisotopic (exact) mass is 402 g/mol. The zero-order valence-electron chi connectivity index (χ0n) is 16.2. The van der Waals surface area contributed by atoms with Gasteiger partial charge in [-0.1, -0.05) is 72.3 Å². The molecule has 0 bridgehead atoms. The molecular formula is C24H22N2O2S. The molecule has 0 spiro atoms. The van der Waals surface area contributed by atoms with Crippen molar-refractivity contribution in [3.05, 3.63) is 101 Å². The van der Waals surface area contributed by atoms with Crippen LogP contribution in [0.25, 0.3) is 0 Å². The van der Waals surface area contributed by atoms with Crippen molar-refractivity contribution < 1.29 is 8.42 Å². The Kier molecular flexibility index (Phi) is 4.28. The smallest absolute Gasteiger partial charge is 0.257 e. The second kappa shape index (κ2) is 6.85. The van der Waals surface area contributed by atoms with Gasteiger partial charge < -0.3 is 0 Å². The fourth-order valence-electron chi connectivity index (χ4n) is 4.37. The number of nitrogens with zero attached hydrogens (tertiary/aromatic N) is 2. The molecule has 1 aliphatic heterocycles. The number of sulfonamides is 1. The van der Waals surface area contributed by atoms with E-state index in [1.165, 1.54) is 5.56 Å². The maximum atomic E-state index is 13.7. The number of benzene rings is 3. The van der Waals surface area contributed by atoms with Crippen LogP contribution in [-0.4, -0.2) is 24.6 Å². The van der Waals surface area contributed by atoms with Crippen LogP contribution in [0.3, 0.4) is 0 Å². The van der Waals surface area contributed by atoms with Crippen LogP contribution >= 0.6 is 0 Å². The molecule has 5 heteroatoms. The Labute approximate surface area is 171 Å². The van der Waals surface area contributed by atoms with E-state index in [9.17, 15) is 8.42 Å². The van der Waals surface area contributed by atoms with Crippen LogP contribution in [0.5, 0.6) is 0 Å². The third-order valence-electron chi connectivity index (χ3n) is 5.83. The molecule has 0 aromatic heterocycles. The second-order valence-electron chi connectivity index (χ2n) is 7.68. The Balaban J connectivity index is 1.67. The largest absolute Gasteiger partial charge is 0.265 e. The highest BCUT2D eigenvalue weighted by atomic mass is 32.2. The number of aryl methyl sites for hydroxylation is 2. The minimum Gasteiger partial charge on any atom is -0.257 e. The molecule has 4 nitrogen and oxygen atoms in total. The van der Waals surface area contributed by atoms with Gasteiger partial charge in [0.15, 0.2) is 0 Å². The quantitative estimate of drug-likeness (QED) is 0.648. The zero-order valence-corrected chi connectivity index (χ0v) is 17.0. The number of aliphatic imine (C=N–C) groups is 1. The number of hydrogen-bond acceptors (Lipinski definition) is 3. The maximum absolute atomic E-state index is 13.7. The SMILES string of the molecule is Cc1ccc(S(=O)(=O)N2C(c3ccccc3)=N[C@@H]3c4ccccc4CC[C@@H]32)cc1. The average Bonchev–Trinajstić information content (AvgIpc) is 3.16. The Hall–Kier alpha value is -2.92. The first kappa shape index (κ1) is 18.1. The maximum Gasteiger partial charge on any atom is 0.265 e. The molecule has 29 heavy (non-hydrogen) atoms. The predicted molar refractivity (Wildman–Crippen MR) is 114 cm³/mol. The molecular weight excluding hydrogens is 380 g/mol. The van der Waals surface area contributed by atoms with Gasteiger partial charge in [-0.15, -0.1) is 0 Å². The van der Waals surface area contributed by atoms with Crippen molar-refractivity contribution >= 4 is 15.9 Å². The minimum atomic E-state index is -3.72. The summed E-state index contributed by atoms with van der Waals surface area (Å²) in [5, 5.41) is 0. The molecule has 0 saturated heterocycles. The van der Waals surface area contributed by atoms with Crippen molar-refractivity contribution in [1.29, 1.82) is 0 Å². The lowest BCUT2D eigenvalue weighted by atomic mass is 9.85. The van der Waals surface area contributed by atoms with Gasteiger partial charge in [0.25, 0.3) is 10.0 Å². The first-order valence-electron chi connectivity index (χ1n) is 9.88. The second-order valence-corrected chi connectivity index (χ2v) is 9.50. The van der Waals surface area contributed by atoms with Gasteiger partial charge in [-0.2, -0.15) is 0 Å². The molecule has 0 unspecified atom stereocenters. The summed E-state index contributed by atoms with van der Waals surface area (Å²) in [5.74, 6) is 0.540. The molecule has 1 heterocycles. The van der Waals surface area contributed by atoms with Crippen molar-refractivity contribution in [3.63, 3.8) is 0 Å². The molecule has 3 aromatic rings. The van der Waals surface area contributed by atoms with Gasteiger partial charge in [-0.3, -0.25) is 4.99 Å². The molecule has 0 radical (unpaired) electrons. The summed E-state index contributed by atoms with van der Waals surface area (Å²) in [4.78, 5) is 5.29. The summed E-state index contributed by atoms with van der Waals surface area (Å²) in [6.45, 7) is 1.96.